The predicted molar refractivity (Wildman–Crippen MR) is 112 cm³/mol. The van der Waals surface area contributed by atoms with Crippen LogP contribution in [0.1, 0.15) is 22.6 Å². The summed E-state index contributed by atoms with van der Waals surface area (Å²) < 4.78 is 5.46. The molecule has 28 heavy (non-hydrogen) atoms. The zero-order valence-electron chi connectivity index (χ0n) is 15.8. The minimum atomic E-state index is -0.299. The summed E-state index contributed by atoms with van der Waals surface area (Å²) in [5.74, 6) is 0.452. The highest BCUT2D eigenvalue weighted by atomic mass is 35.5. The molecule has 0 N–H and O–H groups in total. The molecule has 5 heteroatoms. The second kappa shape index (κ2) is 7.66. The number of amides is 1. The Hall–Kier alpha value is -2.82. The van der Waals surface area contributed by atoms with Crippen LogP contribution >= 0.6 is 11.6 Å². The third-order valence-corrected chi connectivity index (χ3v) is 5.29. The van der Waals surface area contributed by atoms with Crippen molar-refractivity contribution >= 4 is 23.2 Å². The number of hydrogen-bond acceptors (Lipinski definition) is 3. The molecule has 1 aliphatic heterocycles. The van der Waals surface area contributed by atoms with E-state index in [-0.39, 0.29) is 11.8 Å². The number of hydrazine groups is 1. The number of ether oxygens (including phenoxy) is 1. The molecule has 4 rings (SSSR count). The number of methoxy groups -OCH3 is 1. The van der Waals surface area contributed by atoms with Crippen LogP contribution in [0.15, 0.2) is 72.8 Å². The number of benzene rings is 3. The summed E-state index contributed by atoms with van der Waals surface area (Å²) in [5, 5.41) is 4.31. The molecular weight excluding hydrogens is 372 g/mol. The number of rotatable bonds is 5. The first kappa shape index (κ1) is 18.5. The van der Waals surface area contributed by atoms with Crippen LogP contribution in [0.4, 0.5) is 5.69 Å². The van der Waals surface area contributed by atoms with Crippen molar-refractivity contribution in [1.82, 2.24) is 5.01 Å². The summed E-state index contributed by atoms with van der Waals surface area (Å²) in [5.41, 5.74) is 3.90. The van der Waals surface area contributed by atoms with E-state index in [1.165, 1.54) is 0 Å². The smallest absolute Gasteiger partial charge is 0.253 e. The normalized spacial score (nSPS) is 15.8. The van der Waals surface area contributed by atoms with Gasteiger partial charge in [0.15, 0.2) is 0 Å². The Labute approximate surface area is 169 Å². The van der Waals surface area contributed by atoms with Crippen molar-refractivity contribution in [1.29, 1.82) is 0 Å². The van der Waals surface area contributed by atoms with Gasteiger partial charge < -0.3 is 4.74 Å². The first-order chi connectivity index (χ1) is 13.6. The van der Waals surface area contributed by atoms with E-state index in [1.807, 2.05) is 78.8 Å². The maximum atomic E-state index is 13.4. The summed E-state index contributed by atoms with van der Waals surface area (Å²) in [7, 11) is 3.53. The van der Waals surface area contributed by atoms with Crippen LogP contribution in [-0.4, -0.2) is 25.1 Å². The molecule has 1 atom stereocenters. The fourth-order valence-electron chi connectivity index (χ4n) is 3.78. The average Bonchev–Trinajstić information content (AvgIpc) is 3.01. The van der Waals surface area contributed by atoms with Gasteiger partial charge >= 0.3 is 0 Å². The maximum absolute atomic E-state index is 13.4. The molecule has 0 fully saturated rings. The van der Waals surface area contributed by atoms with Gasteiger partial charge in [0.1, 0.15) is 5.75 Å². The van der Waals surface area contributed by atoms with E-state index < -0.39 is 0 Å². The molecule has 1 unspecified atom stereocenters. The molecule has 0 aliphatic carbocycles. The molecule has 1 amide bonds. The van der Waals surface area contributed by atoms with Gasteiger partial charge in [0.25, 0.3) is 5.91 Å². The molecular formula is C23H21ClN2O2. The van der Waals surface area contributed by atoms with Gasteiger partial charge in [-0.2, -0.15) is 0 Å². The number of hydrogen-bond donors (Lipinski definition) is 0. The van der Waals surface area contributed by atoms with Crippen molar-refractivity contribution in [3.63, 3.8) is 0 Å². The highest BCUT2D eigenvalue weighted by Crippen LogP contribution is 2.42. The van der Waals surface area contributed by atoms with Crippen molar-refractivity contribution < 1.29 is 9.53 Å². The van der Waals surface area contributed by atoms with Gasteiger partial charge in [0, 0.05) is 24.2 Å². The Balaban J connectivity index is 1.69. The lowest BCUT2D eigenvalue weighted by Crippen LogP contribution is -2.42. The summed E-state index contributed by atoms with van der Waals surface area (Å²) in [4.78, 5) is 13.4. The number of carbonyl (C=O) groups excluding carboxylic acids is 1. The molecule has 0 spiro atoms. The van der Waals surface area contributed by atoms with E-state index in [1.54, 1.807) is 18.2 Å². The van der Waals surface area contributed by atoms with Gasteiger partial charge in [-0.3, -0.25) is 4.79 Å². The standard InChI is InChI=1S/C23H21ClN2O2/c1-25(15-17-12-13-18(24)14-21(17)28-2)26-20-11-7-6-10-19(20)22(23(26)27)16-8-4-3-5-9-16/h3-14,22H,15H2,1-2H3. The molecule has 142 valence electrons. The topological polar surface area (TPSA) is 32.8 Å². The van der Waals surface area contributed by atoms with Crippen molar-refractivity contribution in [3.8, 4) is 5.75 Å². The van der Waals surface area contributed by atoms with E-state index in [9.17, 15) is 4.79 Å². The molecule has 0 aromatic heterocycles. The number of para-hydroxylation sites is 1. The molecule has 0 saturated carbocycles. The molecule has 1 aliphatic rings. The van der Waals surface area contributed by atoms with Gasteiger partial charge in [0.2, 0.25) is 0 Å². The summed E-state index contributed by atoms with van der Waals surface area (Å²) in [6.07, 6.45) is 0. The van der Waals surface area contributed by atoms with Crippen LogP contribution < -0.4 is 9.75 Å². The highest BCUT2D eigenvalue weighted by molar-refractivity contribution is 6.30. The fraction of sp³-hybridized carbons (Fsp3) is 0.174. The zero-order valence-corrected chi connectivity index (χ0v) is 16.6. The average molecular weight is 393 g/mol. The molecule has 1 heterocycles. The predicted octanol–water partition coefficient (Wildman–Crippen LogP) is 4.87. The molecule has 4 nitrogen and oxygen atoms in total. The number of nitrogens with zero attached hydrogens (tertiary/aromatic N) is 2. The maximum Gasteiger partial charge on any atom is 0.253 e. The summed E-state index contributed by atoms with van der Waals surface area (Å²) in [6, 6.07) is 23.4. The van der Waals surface area contributed by atoms with Crippen molar-refractivity contribution in [2.75, 3.05) is 19.2 Å². The minimum Gasteiger partial charge on any atom is -0.496 e. The fourth-order valence-corrected chi connectivity index (χ4v) is 3.95. The van der Waals surface area contributed by atoms with Gasteiger partial charge in [-0.25, -0.2) is 10.0 Å². The number of halogens is 1. The summed E-state index contributed by atoms with van der Waals surface area (Å²) >= 11 is 6.08. The van der Waals surface area contributed by atoms with Gasteiger partial charge in [-0.1, -0.05) is 66.2 Å². The van der Waals surface area contributed by atoms with Crippen LogP contribution in [0.3, 0.4) is 0 Å². The van der Waals surface area contributed by atoms with Gasteiger partial charge in [0.05, 0.1) is 18.7 Å². The quantitative estimate of drug-likeness (QED) is 0.620. The van der Waals surface area contributed by atoms with Gasteiger partial charge in [-0.05, 0) is 29.3 Å². The Morgan fingerprint density at radius 2 is 1.75 bits per heavy atom. The monoisotopic (exact) mass is 392 g/mol. The van der Waals surface area contributed by atoms with Crippen LogP contribution in [-0.2, 0) is 11.3 Å². The van der Waals surface area contributed by atoms with Crippen LogP contribution in [0.2, 0.25) is 5.02 Å². The first-order valence-electron chi connectivity index (χ1n) is 9.11. The molecule has 0 saturated heterocycles. The lowest BCUT2D eigenvalue weighted by Gasteiger charge is -2.29. The van der Waals surface area contributed by atoms with Crippen molar-refractivity contribution in [2.24, 2.45) is 0 Å². The van der Waals surface area contributed by atoms with Crippen molar-refractivity contribution in [3.05, 3.63) is 94.5 Å². The molecule has 0 bridgehead atoms. The van der Waals surface area contributed by atoms with E-state index >= 15 is 0 Å². The van der Waals surface area contributed by atoms with Crippen LogP contribution in [0.25, 0.3) is 0 Å². The lowest BCUT2D eigenvalue weighted by molar-refractivity contribution is -0.121. The lowest BCUT2D eigenvalue weighted by atomic mass is 9.93. The highest BCUT2D eigenvalue weighted by Gasteiger charge is 2.40. The van der Waals surface area contributed by atoms with E-state index in [2.05, 4.69) is 0 Å². The Morgan fingerprint density at radius 3 is 2.50 bits per heavy atom. The number of anilines is 1. The Kier molecular flexibility index (Phi) is 5.07. The summed E-state index contributed by atoms with van der Waals surface area (Å²) in [6.45, 7) is 0.516. The molecule has 3 aromatic carbocycles. The minimum absolute atomic E-state index is 0.0443. The largest absolute Gasteiger partial charge is 0.496 e. The number of fused-ring (bicyclic) bond motifs is 1. The number of carbonyl (C=O) groups is 1. The third kappa shape index (κ3) is 3.26. The van der Waals surface area contributed by atoms with Gasteiger partial charge in [-0.15, -0.1) is 0 Å². The molecule has 0 radical (unpaired) electrons. The Bertz CT molecular complexity index is 1010. The first-order valence-corrected chi connectivity index (χ1v) is 9.49. The molecule has 3 aromatic rings. The van der Waals surface area contributed by atoms with Crippen LogP contribution in [0.5, 0.6) is 5.75 Å². The second-order valence-corrected chi connectivity index (χ2v) is 7.26. The SMILES string of the molecule is COc1cc(Cl)ccc1CN(C)N1C(=O)C(c2ccccc2)c2ccccc21. The van der Waals surface area contributed by atoms with E-state index in [4.69, 9.17) is 16.3 Å². The van der Waals surface area contributed by atoms with E-state index in [0.717, 1.165) is 22.4 Å². The second-order valence-electron chi connectivity index (χ2n) is 6.82. The van der Waals surface area contributed by atoms with Crippen LogP contribution in [0, 0.1) is 0 Å². The Morgan fingerprint density at radius 1 is 1.04 bits per heavy atom. The third-order valence-electron chi connectivity index (χ3n) is 5.05. The zero-order chi connectivity index (χ0) is 19.7. The van der Waals surface area contributed by atoms with Crippen molar-refractivity contribution in [2.45, 2.75) is 12.5 Å². The van der Waals surface area contributed by atoms with E-state index in [0.29, 0.717) is 17.3 Å².